The van der Waals surface area contributed by atoms with Crippen molar-refractivity contribution >= 4 is 17.5 Å². The molecule has 0 bridgehead atoms. The van der Waals surface area contributed by atoms with Gasteiger partial charge in [0.25, 0.3) is 0 Å². The van der Waals surface area contributed by atoms with Crippen LogP contribution in [0.4, 0.5) is 0 Å². The molecule has 0 aromatic carbocycles. The lowest BCUT2D eigenvalue weighted by Crippen LogP contribution is -2.22. The van der Waals surface area contributed by atoms with Crippen LogP contribution in [0.3, 0.4) is 0 Å². The number of nitrogens with one attached hydrogen (secondary N) is 1. The van der Waals surface area contributed by atoms with Gasteiger partial charge in [-0.2, -0.15) is 0 Å². The van der Waals surface area contributed by atoms with E-state index in [1.54, 1.807) is 6.07 Å². The van der Waals surface area contributed by atoms with Crippen molar-refractivity contribution in [3.05, 3.63) is 18.0 Å². The van der Waals surface area contributed by atoms with Gasteiger partial charge in [-0.1, -0.05) is 5.16 Å². The van der Waals surface area contributed by atoms with Crippen LogP contribution < -0.4 is 5.32 Å². The molecule has 0 unspecified atom stereocenters. The van der Waals surface area contributed by atoms with E-state index in [1.165, 1.54) is 6.26 Å². The van der Waals surface area contributed by atoms with E-state index in [2.05, 4.69) is 15.0 Å². The highest BCUT2D eigenvalue weighted by Gasteiger charge is 2.01. The van der Waals surface area contributed by atoms with Crippen LogP contribution in [-0.2, 0) is 11.3 Å². The Morgan fingerprint density at radius 2 is 2.43 bits per heavy atom. The molecule has 5 heteroatoms. The molecule has 0 aliphatic heterocycles. The number of carbonyl (C=O) groups excluding carboxylic acids is 1. The quantitative estimate of drug-likeness (QED) is 0.582. The summed E-state index contributed by atoms with van der Waals surface area (Å²) in [6.07, 6.45) is 3.70. The lowest BCUT2D eigenvalue weighted by Gasteiger charge is -2.01. The third kappa shape index (κ3) is 4.28. The van der Waals surface area contributed by atoms with E-state index >= 15 is 0 Å². The molecular weight excluding hydrogens is 204 g/mol. The minimum absolute atomic E-state index is 0.0260. The second kappa shape index (κ2) is 6.43. The fraction of sp³-hybridized carbons (Fsp3) is 0.556. The van der Waals surface area contributed by atoms with Gasteiger partial charge in [-0.3, -0.25) is 4.79 Å². The summed E-state index contributed by atoms with van der Waals surface area (Å²) in [4.78, 5) is 11.2. The second-order valence-corrected chi connectivity index (χ2v) is 3.29. The molecule has 0 aliphatic rings. The molecule has 0 radical (unpaired) electrons. The maximum Gasteiger partial charge on any atom is 0.220 e. The monoisotopic (exact) mass is 216 g/mol. The lowest BCUT2D eigenvalue weighted by molar-refractivity contribution is -0.121. The van der Waals surface area contributed by atoms with Crippen molar-refractivity contribution in [2.24, 2.45) is 0 Å². The Morgan fingerprint density at radius 1 is 1.57 bits per heavy atom. The number of aromatic nitrogens is 1. The molecule has 14 heavy (non-hydrogen) atoms. The minimum Gasteiger partial charge on any atom is -0.364 e. The van der Waals surface area contributed by atoms with Crippen LogP contribution in [0.25, 0.3) is 0 Å². The first-order chi connectivity index (χ1) is 6.83. The van der Waals surface area contributed by atoms with E-state index in [9.17, 15) is 4.79 Å². The number of halogens is 1. The van der Waals surface area contributed by atoms with Gasteiger partial charge in [-0.15, -0.1) is 11.6 Å². The van der Waals surface area contributed by atoms with Gasteiger partial charge in [0.1, 0.15) is 12.0 Å². The molecule has 0 saturated carbocycles. The van der Waals surface area contributed by atoms with Crippen LogP contribution in [0.2, 0.25) is 0 Å². The first-order valence-electron chi connectivity index (χ1n) is 4.55. The van der Waals surface area contributed by atoms with Crippen molar-refractivity contribution in [3.8, 4) is 0 Å². The molecule has 1 aromatic rings. The average Bonchev–Trinajstić information content (AvgIpc) is 2.68. The van der Waals surface area contributed by atoms with Crippen molar-refractivity contribution < 1.29 is 9.32 Å². The first kappa shape index (κ1) is 11.0. The largest absolute Gasteiger partial charge is 0.364 e. The molecule has 1 aromatic heterocycles. The highest BCUT2D eigenvalue weighted by atomic mass is 35.5. The Kier molecular flexibility index (Phi) is 5.07. The third-order valence-corrected chi connectivity index (χ3v) is 2.01. The summed E-state index contributed by atoms with van der Waals surface area (Å²) in [7, 11) is 0. The van der Waals surface area contributed by atoms with E-state index in [0.29, 0.717) is 18.8 Å². The summed E-state index contributed by atoms with van der Waals surface area (Å²) in [5.74, 6) is 0.634. The van der Waals surface area contributed by atoms with Crippen LogP contribution in [0.15, 0.2) is 16.9 Å². The van der Waals surface area contributed by atoms with E-state index in [-0.39, 0.29) is 5.91 Å². The summed E-state index contributed by atoms with van der Waals surface area (Å²) in [5, 5.41) is 6.41. The van der Waals surface area contributed by atoms with E-state index in [0.717, 1.165) is 18.5 Å². The highest BCUT2D eigenvalue weighted by molar-refractivity contribution is 6.17. The first-order valence-corrected chi connectivity index (χ1v) is 5.08. The van der Waals surface area contributed by atoms with Gasteiger partial charge in [0.15, 0.2) is 0 Å². The Morgan fingerprint density at radius 3 is 3.07 bits per heavy atom. The fourth-order valence-corrected chi connectivity index (χ4v) is 1.18. The number of amides is 1. The summed E-state index contributed by atoms with van der Waals surface area (Å²) in [5.41, 5.74) is 0.732. The molecule has 78 valence electrons. The summed E-state index contributed by atoms with van der Waals surface area (Å²) < 4.78 is 4.63. The van der Waals surface area contributed by atoms with Crippen LogP contribution >= 0.6 is 11.6 Å². The summed E-state index contributed by atoms with van der Waals surface area (Å²) in [6.45, 7) is 0.427. The van der Waals surface area contributed by atoms with Crippen LogP contribution in [-0.4, -0.2) is 16.9 Å². The number of hydrogen-bond acceptors (Lipinski definition) is 3. The standard InChI is InChI=1S/C9H13ClN2O2/c10-5-2-1-3-9(13)11-7-8-4-6-14-12-8/h4,6H,1-3,5,7H2,(H,11,13). The highest BCUT2D eigenvalue weighted by Crippen LogP contribution is 1.98. The maximum absolute atomic E-state index is 11.2. The van der Waals surface area contributed by atoms with Gasteiger partial charge in [-0.05, 0) is 12.8 Å². The Labute approximate surface area is 87.6 Å². The normalized spacial score (nSPS) is 10.1. The van der Waals surface area contributed by atoms with Gasteiger partial charge in [-0.25, -0.2) is 0 Å². The molecule has 1 amide bonds. The van der Waals surface area contributed by atoms with Gasteiger partial charge >= 0.3 is 0 Å². The Hall–Kier alpha value is -1.03. The molecule has 0 saturated heterocycles. The number of hydrogen-bond donors (Lipinski definition) is 1. The number of rotatable bonds is 6. The van der Waals surface area contributed by atoms with Crippen LogP contribution in [0.1, 0.15) is 25.0 Å². The van der Waals surface area contributed by atoms with Gasteiger partial charge in [0.05, 0.1) is 6.54 Å². The van der Waals surface area contributed by atoms with Gasteiger partial charge in [0.2, 0.25) is 5.91 Å². The molecule has 0 aliphatic carbocycles. The second-order valence-electron chi connectivity index (χ2n) is 2.91. The van der Waals surface area contributed by atoms with Crippen LogP contribution in [0.5, 0.6) is 0 Å². The van der Waals surface area contributed by atoms with E-state index in [4.69, 9.17) is 11.6 Å². The zero-order valence-corrected chi connectivity index (χ0v) is 8.59. The molecular formula is C9H13ClN2O2. The van der Waals surface area contributed by atoms with E-state index < -0.39 is 0 Å². The molecule has 0 atom stereocenters. The van der Waals surface area contributed by atoms with Crippen molar-refractivity contribution in [1.82, 2.24) is 10.5 Å². The Bertz CT molecular complexity index is 262. The lowest BCUT2D eigenvalue weighted by atomic mass is 10.2. The number of nitrogens with zero attached hydrogens (tertiary/aromatic N) is 1. The summed E-state index contributed by atoms with van der Waals surface area (Å²) in [6, 6.07) is 1.72. The average molecular weight is 217 g/mol. The van der Waals surface area contributed by atoms with Crippen LogP contribution in [0, 0.1) is 0 Å². The minimum atomic E-state index is 0.0260. The molecule has 4 nitrogen and oxygen atoms in total. The van der Waals surface area contributed by atoms with Crippen molar-refractivity contribution in [3.63, 3.8) is 0 Å². The predicted molar refractivity (Wildman–Crippen MR) is 52.9 cm³/mol. The molecule has 1 N–H and O–H groups in total. The van der Waals surface area contributed by atoms with Crippen molar-refractivity contribution in [1.29, 1.82) is 0 Å². The number of unbranched alkanes of at least 4 members (excludes halogenated alkanes) is 1. The smallest absolute Gasteiger partial charge is 0.220 e. The van der Waals surface area contributed by atoms with E-state index in [1.807, 2.05) is 0 Å². The van der Waals surface area contributed by atoms with Crippen molar-refractivity contribution in [2.45, 2.75) is 25.8 Å². The Balaban J connectivity index is 2.09. The maximum atomic E-state index is 11.2. The zero-order chi connectivity index (χ0) is 10.2. The molecule has 0 fully saturated rings. The van der Waals surface area contributed by atoms with Gasteiger partial charge in [0, 0.05) is 18.4 Å². The zero-order valence-electron chi connectivity index (χ0n) is 7.83. The molecule has 1 heterocycles. The summed E-state index contributed by atoms with van der Waals surface area (Å²) >= 11 is 5.49. The van der Waals surface area contributed by atoms with Gasteiger partial charge < -0.3 is 9.84 Å². The number of carbonyl (C=O) groups is 1. The molecule has 1 rings (SSSR count). The van der Waals surface area contributed by atoms with Crippen molar-refractivity contribution in [2.75, 3.05) is 5.88 Å². The predicted octanol–water partition coefficient (Wildman–Crippen LogP) is 1.70. The fourth-order valence-electron chi connectivity index (χ4n) is 0.986. The SMILES string of the molecule is O=C(CCCCCl)NCc1ccon1. The topological polar surface area (TPSA) is 55.1 Å². The number of alkyl halides is 1. The molecule has 0 spiro atoms. The third-order valence-electron chi connectivity index (χ3n) is 1.75.